The lowest BCUT2D eigenvalue weighted by Crippen LogP contribution is -2.33. The van der Waals surface area contributed by atoms with Crippen LogP contribution >= 0.6 is 0 Å². The molecule has 0 aromatic heterocycles. The van der Waals surface area contributed by atoms with Gasteiger partial charge in [0.25, 0.3) is 11.7 Å². The van der Waals surface area contributed by atoms with Gasteiger partial charge in [-0.1, -0.05) is 38.6 Å². The molecule has 2 atom stereocenters. The summed E-state index contributed by atoms with van der Waals surface area (Å²) in [6.07, 6.45) is 3.15. The zero-order valence-corrected chi connectivity index (χ0v) is 21.9. The smallest absolute Gasteiger partial charge is 0.295 e. The molecule has 1 fully saturated rings. The number of likely N-dealkylation sites (tertiary alicyclic amines) is 1. The molecule has 37 heavy (non-hydrogen) atoms. The van der Waals surface area contributed by atoms with Crippen LogP contribution in [0.4, 0.5) is 0 Å². The number of rotatable bonds is 11. The lowest BCUT2D eigenvalue weighted by molar-refractivity contribution is -0.140. The van der Waals surface area contributed by atoms with E-state index in [1.807, 2.05) is 43.3 Å². The number of ketones is 1. The topological polar surface area (TPSA) is 79.3 Å². The summed E-state index contributed by atoms with van der Waals surface area (Å²) in [6.45, 7) is 13.3. The van der Waals surface area contributed by atoms with Crippen LogP contribution in [0.1, 0.15) is 49.9 Å². The molecule has 7 heteroatoms. The van der Waals surface area contributed by atoms with Crippen LogP contribution in [0, 0.1) is 0 Å². The lowest BCUT2D eigenvalue weighted by atomic mass is 9.94. The Morgan fingerprint density at radius 3 is 2.73 bits per heavy atom. The van der Waals surface area contributed by atoms with Gasteiger partial charge in [-0.25, -0.2) is 0 Å². The fourth-order valence-electron chi connectivity index (χ4n) is 5.12. The number of nitrogens with zero attached hydrogens (tertiary/aromatic N) is 2. The summed E-state index contributed by atoms with van der Waals surface area (Å²) in [5, 5.41) is 11.4. The van der Waals surface area contributed by atoms with Crippen LogP contribution in [0.5, 0.6) is 11.5 Å². The van der Waals surface area contributed by atoms with Gasteiger partial charge in [0, 0.05) is 18.5 Å². The Balaban J connectivity index is 1.74. The normalized spacial score (nSPS) is 20.3. The fourth-order valence-corrected chi connectivity index (χ4v) is 5.12. The van der Waals surface area contributed by atoms with Crippen molar-refractivity contribution in [3.63, 3.8) is 0 Å². The predicted molar refractivity (Wildman–Crippen MR) is 144 cm³/mol. The summed E-state index contributed by atoms with van der Waals surface area (Å²) in [7, 11) is 0. The Morgan fingerprint density at radius 1 is 1.22 bits per heavy atom. The molecule has 7 nitrogen and oxygen atoms in total. The van der Waals surface area contributed by atoms with E-state index in [0.717, 1.165) is 37.4 Å². The highest BCUT2D eigenvalue weighted by Crippen LogP contribution is 2.41. The van der Waals surface area contributed by atoms with E-state index in [1.54, 1.807) is 17.0 Å². The van der Waals surface area contributed by atoms with Gasteiger partial charge in [-0.2, -0.15) is 0 Å². The average Bonchev–Trinajstić information content (AvgIpc) is 3.40. The second-order valence-corrected chi connectivity index (χ2v) is 9.50. The molecule has 0 bridgehead atoms. The Bertz CT molecular complexity index is 1200. The van der Waals surface area contributed by atoms with Gasteiger partial charge in [0.15, 0.2) is 0 Å². The molecule has 2 aliphatic rings. The summed E-state index contributed by atoms with van der Waals surface area (Å²) in [6, 6.07) is 12.0. The van der Waals surface area contributed by atoms with E-state index in [0.29, 0.717) is 36.4 Å². The first-order chi connectivity index (χ1) is 17.9. The van der Waals surface area contributed by atoms with E-state index in [4.69, 9.17) is 9.47 Å². The molecular formula is C30H36N2O5. The maximum Gasteiger partial charge on any atom is 0.295 e. The average molecular weight is 505 g/mol. The van der Waals surface area contributed by atoms with Crippen LogP contribution in [0.25, 0.3) is 5.76 Å². The van der Waals surface area contributed by atoms with Crippen molar-refractivity contribution in [1.29, 1.82) is 0 Å². The third kappa shape index (κ3) is 5.57. The van der Waals surface area contributed by atoms with Crippen molar-refractivity contribution < 1.29 is 24.2 Å². The lowest BCUT2D eigenvalue weighted by Gasteiger charge is -2.27. The molecule has 4 rings (SSSR count). The first-order valence-corrected chi connectivity index (χ1v) is 13.0. The van der Waals surface area contributed by atoms with E-state index < -0.39 is 17.7 Å². The summed E-state index contributed by atoms with van der Waals surface area (Å²) >= 11 is 0. The fraction of sp³-hybridized carbons (Fsp3) is 0.400. The predicted octanol–water partition coefficient (Wildman–Crippen LogP) is 4.73. The summed E-state index contributed by atoms with van der Waals surface area (Å²) < 4.78 is 11.5. The molecule has 1 saturated heterocycles. The number of aliphatic hydroxyl groups excluding tert-OH is 1. The number of Topliss-reactive ketones (excluding diaryl/α,β-unsaturated/α-hetero) is 1. The molecular weight excluding hydrogens is 468 g/mol. The van der Waals surface area contributed by atoms with Gasteiger partial charge >= 0.3 is 0 Å². The Hall–Kier alpha value is -3.58. The highest BCUT2D eigenvalue weighted by molar-refractivity contribution is 6.46. The molecule has 2 aromatic rings. The highest BCUT2D eigenvalue weighted by Gasteiger charge is 2.46. The number of hydrogen-bond donors (Lipinski definition) is 1. The van der Waals surface area contributed by atoms with Gasteiger partial charge < -0.3 is 24.4 Å². The quantitative estimate of drug-likeness (QED) is 0.206. The molecule has 2 heterocycles. The summed E-state index contributed by atoms with van der Waals surface area (Å²) in [4.78, 5) is 30.5. The first kappa shape index (κ1) is 26.5. The van der Waals surface area contributed by atoms with Crippen molar-refractivity contribution in [2.24, 2.45) is 0 Å². The first-order valence-electron chi connectivity index (χ1n) is 13.0. The minimum atomic E-state index is -0.715. The largest absolute Gasteiger partial charge is 0.507 e. The van der Waals surface area contributed by atoms with E-state index in [2.05, 4.69) is 25.3 Å². The number of carbonyl (C=O) groups excluding carboxylic acids is 2. The van der Waals surface area contributed by atoms with Crippen LogP contribution in [-0.4, -0.2) is 65.5 Å². The van der Waals surface area contributed by atoms with Crippen molar-refractivity contribution in [2.45, 2.75) is 45.8 Å². The number of carbonyl (C=O) groups is 2. The number of benzene rings is 2. The molecule has 2 aromatic carbocycles. The zero-order valence-electron chi connectivity index (χ0n) is 21.9. The molecule has 2 aliphatic heterocycles. The molecule has 0 radical (unpaired) electrons. The van der Waals surface area contributed by atoms with E-state index in [9.17, 15) is 14.7 Å². The van der Waals surface area contributed by atoms with E-state index >= 15 is 0 Å². The molecule has 1 N–H and O–H groups in total. The Kier molecular flexibility index (Phi) is 8.34. The monoisotopic (exact) mass is 504 g/mol. The van der Waals surface area contributed by atoms with Crippen LogP contribution in [-0.2, 0) is 16.0 Å². The van der Waals surface area contributed by atoms with Crippen LogP contribution in [0.15, 0.2) is 60.7 Å². The Labute approximate surface area is 219 Å². The SMILES string of the molecule is C=CCOc1cccc(C2C(=C(O)c3ccc4c(c3)CC(C)O4)C(=O)C(=O)N2CCCN(CC)CC)c1. The summed E-state index contributed by atoms with van der Waals surface area (Å²) in [5.41, 5.74) is 2.28. The van der Waals surface area contributed by atoms with Crippen LogP contribution in [0.3, 0.4) is 0 Å². The van der Waals surface area contributed by atoms with E-state index in [-0.39, 0.29) is 17.4 Å². The number of fused-ring (bicyclic) bond motifs is 1. The number of hydrogen-bond acceptors (Lipinski definition) is 6. The van der Waals surface area contributed by atoms with Crippen molar-refractivity contribution in [3.8, 4) is 11.5 Å². The van der Waals surface area contributed by atoms with E-state index in [1.165, 1.54) is 0 Å². The van der Waals surface area contributed by atoms with Gasteiger partial charge in [-0.15, -0.1) is 0 Å². The minimum Gasteiger partial charge on any atom is -0.507 e. The molecule has 0 saturated carbocycles. The highest BCUT2D eigenvalue weighted by atomic mass is 16.5. The van der Waals surface area contributed by atoms with Gasteiger partial charge in [-0.05, 0) is 74.4 Å². The number of ether oxygens (including phenoxy) is 2. The number of aliphatic hydroxyl groups is 1. The van der Waals surface area contributed by atoms with Crippen molar-refractivity contribution in [3.05, 3.63) is 77.4 Å². The molecule has 196 valence electrons. The Morgan fingerprint density at radius 2 is 2.00 bits per heavy atom. The van der Waals surface area contributed by atoms with Crippen molar-refractivity contribution in [1.82, 2.24) is 9.80 Å². The third-order valence-corrected chi connectivity index (χ3v) is 7.02. The summed E-state index contributed by atoms with van der Waals surface area (Å²) in [5.74, 6) is -0.0526. The van der Waals surface area contributed by atoms with Crippen LogP contribution in [0.2, 0.25) is 0 Å². The number of amides is 1. The maximum atomic E-state index is 13.4. The maximum absolute atomic E-state index is 13.4. The van der Waals surface area contributed by atoms with Crippen LogP contribution < -0.4 is 9.47 Å². The molecule has 1 amide bonds. The third-order valence-electron chi connectivity index (χ3n) is 7.02. The minimum absolute atomic E-state index is 0.0575. The van der Waals surface area contributed by atoms with Crippen molar-refractivity contribution in [2.75, 3.05) is 32.8 Å². The molecule has 2 unspecified atom stereocenters. The van der Waals surface area contributed by atoms with Gasteiger partial charge in [0.1, 0.15) is 30.0 Å². The molecule has 0 spiro atoms. The van der Waals surface area contributed by atoms with Gasteiger partial charge in [0.2, 0.25) is 0 Å². The van der Waals surface area contributed by atoms with Gasteiger partial charge in [0.05, 0.1) is 11.6 Å². The standard InChI is InChI=1S/C30H36N2O5/c1-5-16-36-24-11-8-10-21(19-24)27-26(28(33)22-12-13-25-23(18-22)17-20(4)37-25)29(34)30(35)32(27)15-9-14-31(6-2)7-3/h5,8,10-13,18-20,27,33H,1,6-7,9,14-17H2,2-4H3. The second-order valence-electron chi connectivity index (χ2n) is 9.50. The molecule has 0 aliphatic carbocycles. The second kappa shape index (κ2) is 11.6. The zero-order chi connectivity index (χ0) is 26.5. The van der Waals surface area contributed by atoms with Gasteiger partial charge in [-0.3, -0.25) is 9.59 Å². The van der Waals surface area contributed by atoms with Crippen molar-refractivity contribution >= 4 is 17.4 Å².